The summed E-state index contributed by atoms with van der Waals surface area (Å²) in [5.41, 5.74) is 4.43. The average molecular weight is 300 g/mol. The number of rotatable bonds is 4. The van der Waals surface area contributed by atoms with Crippen molar-refractivity contribution in [1.82, 2.24) is 9.55 Å². The van der Waals surface area contributed by atoms with Gasteiger partial charge in [-0.15, -0.1) is 11.6 Å². The number of nitrogens with zero attached hydrogens (tertiary/aromatic N) is 3. The lowest BCUT2D eigenvalue weighted by molar-refractivity contribution is 0.912. The molecule has 0 atom stereocenters. The lowest BCUT2D eigenvalue weighted by Crippen LogP contribution is -2.08. The quantitative estimate of drug-likeness (QED) is 0.682. The van der Waals surface area contributed by atoms with Crippen LogP contribution in [0.4, 0.5) is 5.69 Å². The molecule has 0 spiro atoms. The predicted octanol–water partition coefficient (Wildman–Crippen LogP) is 3.87. The van der Waals surface area contributed by atoms with Crippen LogP contribution in [0.5, 0.6) is 0 Å². The van der Waals surface area contributed by atoms with E-state index >= 15 is 0 Å². The van der Waals surface area contributed by atoms with Gasteiger partial charge in [-0.05, 0) is 36.4 Å². The molecule has 21 heavy (non-hydrogen) atoms. The van der Waals surface area contributed by atoms with Gasteiger partial charge in [0.05, 0.1) is 11.0 Å². The van der Waals surface area contributed by atoms with Crippen LogP contribution in [0.1, 0.15) is 5.82 Å². The monoisotopic (exact) mass is 299 g/mol. The van der Waals surface area contributed by atoms with Gasteiger partial charge in [0.2, 0.25) is 0 Å². The Labute approximate surface area is 129 Å². The molecule has 0 radical (unpaired) electrons. The minimum absolute atomic E-state index is 0.569. The highest BCUT2D eigenvalue weighted by atomic mass is 35.5. The van der Waals surface area contributed by atoms with Crippen LogP contribution in [0, 0.1) is 0 Å². The summed E-state index contributed by atoms with van der Waals surface area (Å²) in [6.45, 7) is 0. The molecule has 0 saturated heterocycles. The number of halogens is 1. The third-order valence-electron chi connectivity index (χ3n) is 3.57. The van der Waals surface area contributed by atoms with Gasteiger partial charge in [0.25, 0.3) is 0 Å². The Hall–Kier alpha value is -2.00. The molecular formula is C17H18ClN3. The first-order valence-corrected chi connectivity index (χ1v) is 7.54. The second-order valence-electron chi connectivity index (χ2n) is 5.20. The lowest BCUT2D eigenvalue weighted by atomic mass is 10.2. The Morgan fingerprint density at radius 3 is 2.43 bits per heavy atom. The third kappa shape index (κ3) is 2.61. The van der Waals surface area contributed by atoms with Crippen molar-refractivity contribution >= 4 is 28.3 Å². The first-order chi connectivity index (χ1) is 10.2. The van der Waals surface area contributed by atoms with Crippen LogP contribution in [0.25, 0.3) is 16.7 Å². The first kappa shape index (κ1) is 14.0. The molecule has 0 bridgehead atoms. The minimum atomic E-state index is 0.569. The first-order valence-electron chi connectivity index (χ1n) is 7.01. The van der Waals surface area contributed by atoms with Gasteiger partial charge in [-0.2, -0.15) is 0 Å². The maximum atomic E-state index is 5.93. The molecule has 0 N–H and O–H groups in total. The Bertz CT molecular complexity index is 744. The Kier molecular flexibility index (Phi) is 3.84. The maximum absolute atomic E-state index is 5.93. The van der Waals surface area contributed by atoms with E-state index in [9.17, 15) is 0 Å². The summed E-state index contributed by atoms with van der Waals surface area (Å²) in [5.74, 6) is 1.57. The number of anilines is 1. The fourth-order valence-electron chi connectivity index (χ4n) is 2.52. The number of hydrogen-bond acceptors (Lipinski definition) is 2. The number of alkyl halides is 1. The molecule has 3 nitrogen and oxygen atoms in total. The van der Waals surface area contributed by atoms with Crippen LogP contribution < -0.4 is 4.90 Å². The van der Waals surface area contributed by atoms with Gasteiger partial charge < -0.3 is 4.90 Å². The van der Waals surface area contributed by atoms with Crippen molar-refractivity contribution in [3.63, 3.8) is 0 Å². The minimum Gasteiger partial charge on any atom is -0.378 e. The molecule has 3 aromatic rings. The molecule has 3 rings (SSSR count). The summed E-state index contributed by atoms with van der Waals surface area (Å²) in [7, 11) is 4.08. The van der Waals surface area contributed by atoms with E-state index in [2.05, 4.69) is 39.8 Å². The van der Waals surface area contributed by atoms with Crippen LogP contribution >= 0.6 is 11.6 Å². The Morgan fingerprint density at radius 1 is 1.05 bits per heavy atom. The Balaban J connectivity index is 2.15. The number of para-hydroxylation sites is 2. The van der Waals surface area contributed by atoms with E-state index in [1.165, 1.54) is 5.69 Å². The molecule has 0 saturated carbocycles. The summed E-state index contributed by atoms with van der Waals surface area (Å²) < 4.78 is 2.19. The van der Waals surface area contributed by atoms with Gasteiger partial charge >= 0.3 is 0 Å². The maximum Gasteiger partial charge on any atom is 0.115 e. The second-order valence-corrected chi connectivity index (χ2v) is 5.58. The van der Waals surface area contributed by atoms with Crippen LogP contribution in [-0.2, 0) is 6.42 Å². The van der Waals surface area contributed by atoms with Gasteiger partial charge in [0, 0.05) is 37.8 Å². The molecule has 108 valence electrons. The van der Waals surface area contributed by atoms with E-state index in [1.54, 1.807) is 0 Å². The van der Waals surface area contributed by atoms with Gasteiger partial charge in [-0.3, -0.25) is 4.57 Å². The van der Waals surface area contributed by atoms with E-state index in [0.29, 0.717) is 5.88 Å². The van der Waals surface area contributed by atoms with Crippen molar-refractivity contribution < 1.29 is 0 Å². The summed E-state index contributed by atoms with van der Waals surface area (Å²) in [5, 5.41) is 0. The predicted molar refractivity (Wildman–Crippen MR) is 89.8 cm³/mol. The van der Waals surface area contributed by atoms with Crippen molar-refractivity contribution in [2.24, 2.45) is 0 Å². The van der Waals surface area contributed by atoms with Gasteiger partial charge in [-0.25, -0.2) is 4.98 Å². The van der Waals surface area contributed by atoms with Crippen LogP contribution in [0.3, 0.4) is 0 Å². The molecule has 2 aromatic carbocycles. The number of fused-ring (bicyclic) bond motifs is 1. The SMILES string of the molecule is CN(C)c1ccc(-n2c(CCCl)nc3ccccc32)cc1. The second kappa shape index (κ2) is 5.78. The number of benzene rings is 2. The zero-order valence-electron chi connectivity index (χ0n) is 12.3. The fourth-order valence-corrected chi connectivity index (χ4v) is 2.69. The topological polar surface area (TPSA) is 21.1 Å². The van der Waals surface area contributed by atoms with Gasteiger partial charge in [0.1, 0.15) is 5.82 Å². The van der Waals surface area contributed by atoms with Crippen LogP contribution in [0.2, 0.25) is 0 Å². The number of aromatic nitrogens is 2. The molecule has 1 aromatic heterocycles. The summed E-state index contributed by atoms with van der Waals surface area (Å²) in [6.07, 6.45) is 0.756. The van der Waals surface area contributed by atoms with Crippen molar-refractivity contribution in [2.75, 3.05) is 24.9 Å². The number of imidazole rings is 1. The van der Waals surface area contributed by atoms with Gasteiger partial charge in [-0.1, -0.05) is 12.1 Å². The molecular weight excluding hydrogens is 282 g/mol. The number of hydrogen-bond donors (Lipinski definition) is 0. The van der Waals surface area contributed by atoms with Crippen molar-refractivity contribution in [3.05, 3.63) is 54.4 Å². The molecule has 0 unspecified atom stereocenters. The molecule has 0 aliphatic carbocycles. The highest BCUT2D eigenvalue weighted by molar-refractivity contribution is 6.17. The largest absolute Gasteiger partial charge is 0.378 e. The third-order valence-corrected chi connectivity index (χ3v) is 3.76. The van der Waals surface area contributed by atoms with Crippen molar-refractivity contribution in [1.29, 1.82) is 0 Å². The molecule has 0 amide bonds. The van der Waals surface area contributed by atoms with Crippen LogP contribution in [0.15, 0.2) is 48.5 Å². The van der Waals surface area contributed by atoms with E-state index in [0.717, 1.165) is 29.0 Å². The number of aryl methyl sites for hydroxylation is 1. The van der Waals surface area contributed by atoms with E-state index < -0.39 is 0 Å². The van der Waals surface area contributed by atoms with Crippen molar-refractivity contribution in [3.8, 4) is 5.69 Å². The van der Waals surface area contributed by atoms with Crippen molar-refractivity contribution in [2.45, 2.75) is 6.42 Å². The molecule has 1 heterocycles. The highest BCUT2D eigenvalue weighted by Gasteiger charge is 2.11. The van der Waals surface area contributed by atoms with E-state index in [-0.39, 0.29) is 0 Å². The summed E-state index contributed by atoms with van der Waals surface area (Å²) >= 11 is 5.93. The van der Waals surface area contributed by atoms with Crippen LogP contribution in [-0.4, -0.2) is 29.5 Å². The smallest absolute Gasteiger partial charge is 0.115 e. The Morgan fingerprint density at radius 2 is 1.76 bits per heavy atom. The molecule has 0 aliphatic rings. The van der Waals surface area contributed by atoms with E-state index in [1.807, 2.05) is 32.3 Å². The molecule has 0 aliphatic heterocycles. The zero-order chi connectivity index (χ0) is 14.8. The standard InChI is InChI=1S/C17H18ClN3/c1-20(2)13-7-9-14(10-8-13)21-16-6-4-3-5-15(16)19-17(21)11-12-18/h3-10H,11-12H2,1-2H3. The lowest BCUT2D eigenvalue weighted by Gasteiger charge is -2.14. The summed E-state index contributed by atoms with van der Waals surface area (Å²) in [4.78, 5) is 6.80. The van der Waals surface area contributed by atoms with Gasteiger partial charge in [0.15, 0.2) is 0 Å². The highest BCUT2D eigenvalue weighted by Crippen LogP contribution is 2.23. The van der Waals surface area contributed by atoms with E-state index in [4.69, 9.17) is 16.6 Å². The molecule has 4 heteroatoms. The fraction of sp³-hybridized carbons (Fsp3) is 0.235. The average Bonchev–Trinajstić information content (AvgIpc) is 2.85. The zero-order valence-corrected chi connectivity index (χ0v) is 13.0. The summed E-state index contributed by atoms with van der Waals surface area (Å²) in [6, 6.07) is 16.7. The normalized spacial score (nSPS) is 11.0. The molecule has 0 fully saturated rings.